The topological polar surface area (TPSA) is 55.0 Å². The Hall–Kier alpha value is -1.89. The predicted molar refractivity (Wildman–Crippen MR) is 71.9 cm³/mol. The first kappa shape index (κ1) is 13.1. The van der Waals surface area contributed by atoms with E-state index in [1.54, 1.807) is 23.9 Å². The largest absolute Gasteiger partial charge is 0.435 e. The van der Waals surface area contributed by atoms with Gasteiger partial charge in [0.05, 0.1) is 5.69 Å². The molecule has 0 fully saturated rings. The number of halogens is 2. The number of H-pyrrole nitrogens is 1. The fourth-order valence-electron chi connectivity index (χ4n) is 1.99. The molecule has 0 aliphatic carbocycles. The van der Waals surface area contributed by atoms with E-state index in [0.717, 1.165) is 17.0 Å². The highest BCUT2D eigenvalue weighted by Crippen LogP contribution is 2.27. The summed E-state index contributed by atoms with van der Waals surface area (Å²) in [5.74, 6) is 1.92. The van der Waals surface area contributed by atoms with Crippen LogP contribution in [0.5, 0.6) is 5.75 Å². The van der Waals surface area contributed by atoms with E-state index in [1.807, 2.05) is 0 Å². The second-order valence-electron chi connectivity index (χ2n) is 4.24. The maximum atomic E-state index is 12.1. The van der Waals surface area contributed by atoms with Crippen LogP contribution in [0.15, 0.2) is 29.1 Å². The quantitative estimate of drug-likeness (QED) is 0.946. The number of aromatic nitrogens is 2. The molecule has 1 aromatic carbocycles. The molecule has 20 heavy (non-hydrogen) atoms. The van der Waals surface area contributed by atoms with E-state index in [-0.39, 0.29) is 11.3 Å². The average Bonchev–Trinajstić information content (AvgIpc) is 2.87. The molecule has 0 unspecified atom stereocenters. The molecule has 0 atom stereocenters. The van der Waals surface area contributed by atoms with E-state index in [9.17, 15) is 13.6 Å². The monoisotopic (exact) mass is 296 g/mol. The van der Waals surface area contributed by atoms with Crippen LogP contribution in [-0.4, -0.2) is 16.6 Å². The Bertz CT molecular complexity index is 686. The molecule has 2 aromatic rings. The minimum absolute atomic E-state index is 0.0720. The molecule has 1 N–H and O–H groups in total. The highest BCUT2D eigenvalue weighted by Gasteiger charge is 2.18. The summed E-state index contributed by atoms with van der Waals surface area (Å²) in [4.78, 5) is 19.0. The normalized spacial score (nSPS) is 13.6. The molecule has 2 heterocycles. The summed E-state index contributed by atoms with van der Waals surface area (Å²) in [6, 6.07) is 6.02. The maximum absolute atomic E-state index is 12.1. The van der Waals surface area contributed by atoms with Gasteiger partial charge in [0.2, 0.25) is 0 Å². The fourth-order valence-corrected chi connectivity index (χ4v) is 3.03. The molecule has 7 heteroatoms. The predicted octanol–water partition coefficient (Wildman–Crippen LogP) is 2.79. The number of alkyl halides is 2. The van der Waals surface area contributed by atoms with Crippen molar-refractivity contribution in [1.29, 1.82) is 0 Å². The number of benzene rings is 1. The number of rotatable bonds is 3. The van der Waals surface area contributed by atoms with Crippen LogP contribution in [0.25, 0.3) is 11.4 Å². The van der Waals surface area contributed by atoms with Crippen molar-refractivity contribution in [3.63, 3.8) is 0 Å². The lowest BCUT2D eigenvalue weighted by Crippen LogP contribution is -2.15. The summed E-state index contributed by atoms with van der Waals surface area (Å²) in [6.45, 7) is -2.85. The molecule has 0 bridgehead atoms. The number of hydrogen-bond donors (Lipinski definition) is 1. The third kappa shape index (κ3) is 2.53. The molecule has 0 saturated carbocycles. The number of hydrogen-bond acceptors (Lipinski definition) is 4. The van der Waals surface area contributed by atoms with Gasteiger partial charge in [-0.15, -0.1) is 0 Å². The van der Waals surface area contributed by atoms with E-state index < -0.39 is 6.61 Å². The lowest BCUT2D eigenvalue weighted by molar-refractivity contribution is -0.0498. The molecule has 3 rings (SSSR count). The molecule has 0 amide bonds. The summed E-state index contributed by atoms with van der Waals surface area (Å²) in [7, 11) is 0. The van der Waals surface area contributed by atoms with E-state index in [0.29, 0.717) is 17.1 Å². The van der Waals surface area contributed by atoms with Crippen molar-refractivity contribution in [3.8, 4) is 17.1 Å². The molecule has 1 aliphatic heterocycles. The summed E-state index contributed by atoms with van der Waals surface area (Å²) >= 11 is 1.64. The maximum Gasteiger partial charge on any atom is 0.387 e. The van der Waals surface area contributed by atoms with Gasteiger partial charge in [-0.3, -0.25) is 4.79 Å². The Morgan fingerprint density at radius 2 is 2.00 bits per heavy atom. The molecular formula is C13H10F2N2O2S. The zero-order valence-corrected chi connectivity index (χ0v) is 11.0. The van der Waals surface area contributed by atoms with Gasteiger partial charge in [-0.25, -0.2) is 4.98 Å². The zero-order valence-electron chi connectivity index (χ0n) is 10.2. The van der Waals surface area contributed by atoms with Gasteiger partial charge in [0, 0.05) is 22.6 Å². The van der Waals surface area contributed by atoms with Crippen LogP contribution >= 0.6 is 11.8 Å². The van der Waals surface area contributed by atoms with Gasteiger partial charge in [0.1, 0.15) is 11.6 Å². The third-order valence-electron chi connectivity index (χ3n) is 2.94. The molecule has 104 valence electrons. The summed E-state index contributed by atoms with van der Waals surface area (Å²) in [5, 5.41) is 0. The SMILES string of the molecule is O=c1[nH]c(-c2ccc(OC(F)F)cc2)nc2c1CSC2. The molecular weight excluding hydrogens is 286 g/mol. The van der Waals surface area contributed by atoms with Crippen molar-refractivity contribution in [3.05, 3.63) is 45.9 Å². The molecule has 4 nitrogen and oxygen atoms in total. The average molecular weight is 296 g/mol. The minimum Gasteiger partial charge on any atom is -0.435 e. The van der Waals surface area contributed by atoms with Crippen LogP contribution in [-0.2, 0) is 11.5 Å². The minimum atomic E-state index is -2.85. The lowest BCUT2D eigenvalue weighted by Gasteiger charge is -2.06. The zero-order chi connectivity index (χ0) is 14.1. The van der Waals surface area contributed by atoms with Gasteiger partial charge in [0.25, 0.3) is 5.56 Å². The van der Waals surface area contributed by atoms with E-state index in [1.165, 1.54) is 12.1 Å². The van der Waals surface area contributed by atoms with Gasteiger partial charge in [0.15, 0.2) is 0 Å². The van der Waals surface area contributed by atoms with Gasteiger partial charge in [-0.2, -0.15) is 20.5 Å². The first-order chi connectivity index (χ1) is 9.63. The Labute approximate surface area is 117 Å². The summed E-state index contributed by atoms with van der Waals surface area (Å²) in [5.41, 5.74) is 2.03. The van der Waals surface area contributed by atoms with Gasteiger partial charge >= 0.3 is 6.61 Å². The van der Waals surface area contributed by atoms with E-state index in [2.05, 4.69) is 14.7 Å². The van der Waals surface area contributed by atoms with E-state index >= 15 is 0 Å². The number of thioether (sulfide) groups is 1. The Balaban J connectivity index is 1.93. The van der Waals surface area contributed by atoms with Gasteiger partial charge < -0.3 is 9.72 Å². The molecule has 1 aromatic heterocycles. The second-order valence-corrected chi connectivity index (χ2v) is 5.22. The van der Waals surface area contributed by atoms with Gasteiger partial charge in [-0.05, 0) is 24.3 Å². The van der Waals surface area contributed by atoms with Crippen molar-refractivity contribution >= 4 is 11.8 Å². The lowest BCUT2D eigenvalue weighted by atomic mass is 10.2. The Kier molecular flexibility index (Phi) is 3.43. The van der Waals surface area contributed by atoms with Crippen molar-refractivity contribution in [1.82, 2.24) is 9.97 Å². The van der Waals surface area contributed by atoms with Crippen LogP contribution in [0.1, 0.15) is 11.3 Å². The fraction of sp³-hybridized carbons (Fsp3) is 0.231. The van der Waals surface area contributed by atoms with Gasteiger partial charge in [-0.1, -0.05) is 0 Å². The Morgan fingerprint density at radius 1 is 1.25 bits per heavy atom. The highest BCUT2D eigenvalue weighted by atomic mass is 32.2. The second kappa shape index (κ2) is 5.24. The number of ether oxygens (including phenoxy) is 1. The number of fused-ring (bicyclic) bond motifs is 1. The standard InChI is InChI=1S/C13H10F2N2O2S/c14-13(15)19-8-3-1-7(2-4-8)11-16-10-6-20-5-9(10)12(18)17-11/h1-4,13H,5-6H2,(H,16,17,18). The number of nitrogens with zero attached hydrogens (tertiary/aromatic N) is 1. The summed E-state index contributed by atoms with van der Waals surface area (Å²) < 4.78 is 28.4. The number of aromatic amines is 1. The first-order valence-corrected chi connectivity index (χ1v) is 7.04. The van der Waals surface area contributed by atoms with Crippen LogP contribution in [0.2, 0.25) is 0 Å². The molecule has 0 radical (unpaired) electrons. The van der Waals surface area contributed by atoms with Crippen molar-refractivity contribution in [2.45, 2.75) is 18.1 Å². The highest BCUT2D eigenvalue weighted by molar-refractivity contribution is 7.98. The van der Waals surface area contributed by atoms with Crippen molar-refractivity contribution < 1.29 is 13.5 Å². The van der Waals surface area contributed by atoms with Crippen LogP contribution in [0.4, 0.5) is 8.78 Å². The van der Waals surface area contributed by atoms with Crippen molar-refractivity contribution in [2.75, 3.05) is 0 Å². The van der Waals surface area contributed by atoms with Crippen LogP contribution < -0.4 is 10.3 Å². The van der Waals surface area contributed by atoms with Crippen LogP contribution in [0.3, 0.4) is 0 Å². The molecule has 0 saturated heterocycles. The summed E-state index contributed by atoms with van der Waals surface area (Å²) in [6.07, 6.45) is 0. The van der Waals surface area contributed by atoms with Crippen LogP contribution in [0, 0.1) is 0 Å². The number of nitrogens with one attached hydrogen (secondary N) is 1. The molecule has 1 aliphatic rings. The third-order valence-corrected chi connectivity index (χ3v) is 3.91. The smallest absolute Gasteiger partial charge is 0.387 e. The Morgan fingerprint density at radius 3 is 2.70 bits per heavy atom. The molecule has 0 spiro atoms. The first-order valence-electron chi connectivity index (χ1n) is 5.88. The van der Waals surface area contributed by atoms with E-state index in [4.69, 9.17) is 0 Å². The van der Waals surface area contributed by atoms with Crippen molar-refractivity contribution in [2.24, 2.45) is 0 Å².